The third kappa shape index (κ3) is 4.11. The smallest absolute Gasteiger partial charge is 0.325 e. The van der Waals surface area contributed by atoms with Gasteiger partial charge < -0.3 is 9.73 Å². The van der Waals surface area contributed by atoms with Crippen LogP contribution in [0.25, 0.3) is 22.6 Å². The lowest BCUT2D eigenvalue weighted by molar-refractivity contribution is -0.130. The van der Waals surface area contributed by atoms with Crippen LogP contribution in [0.5, 0.6) is 0 Å². The van der Waals surface area contributed by atoms with Gasteiger partial charge in [-0.2, -0.15) is 0 Å². The molecule has 1 N–H and O–H groups in total. The van der Waals surface area contributed by atoms with Gasteiger partial charge in [0, 0.05) is 23.4 Å². The second-order valence-corrected chi connectivity index (χ2v) is 8.65. The summed E-state index contributed by atoms with van der Waals surface area (Å²) in [6, 6.07) is 19.5. The first-order chi connectivity index (χ1) is 14.5. The molecule has 0 unspecified atom stereocenters. The fourth-order valence-corrected chi connectivity index (χ4v) is 4.09. The Labute approximate surface area is 179 Å². The van der Waals surface area contributed by atoms with Crippen molar-refractivity contribution in [3.63, 3.8) is 0 Å². The van der Waals surface area contributed by atoms with Gasteiger partial charge in [-0.1, -0.05) is 72.4 Å². The molecule has 1 aliphatic rings. The fourth-order valence-electron chi connectivity index (χ4n) is 3.34. The molecule has 0 radical (unpaired) electrons. The first kappa shape index (κ1) is 20.2. The van der Waals surface area contributed by atoms with Crippen LogP contribution in [0.1, 0.15) is 20.3 Å². The number of carbonyl (C=O) groups is 2. The molecule has 4 rings (SSSR count). The van der Waals surface area contributed by atoms with Crippen molar-refractivity contribution in [2.24, 2.45) is 0 Å². The van der Waals surface area contributed by atoms with Crippen molar-refractivity contribution in [2.75, 3.05) is 12.3 Å². The zero-order valence-corrected chi connectivity index (χ0v) is 17.7. The third-order valence-corrected chi connectivity index (χ3v) is 5.80. The zero-order chi connectivity index (χ0) is 21.1. The van der Waals surface area contributed by atoms with E-state index < -0.39 is 5.54 Å². The molecule has 3 aromatic rings. The number of hydrogen-bond donors (Lipinski definition) is 1. The average Bonchev–Trinajstić information content (AvgIpc) is 3.26. The third-order valence-electron chi connectivity index (χ3n) is 4.89. The highest BCUT2D eigenvalue weighted by Crippen LogP contribution is 2.35. The van der Waals surface area contributed by atoms with Gasteiger partial charge in [0.15, 0.2) is 5.76 Å². The SMILES string of the molecule is CC1(C)NC(=O)N(CCCSc2nc(-c3ccccc3)c(-c3ccccc3)o2)C1=O. The predicted molar refractivity (Wildman–Crippen MR) is 117 cm³/mol. The van der Waals surface area contributed by atoms with Gasteiger partial charge in [-0.3, -0.25) is 9.69 Å². The molecule has 0 bridgehead atoms. The summed E-state index contributed by atoms with van der Waals surface area (Å²) in [7, 11) is 0. The summed E-state index contributed by atoms with van der Waals surface area (Å²) in [4.78, 5) is 30.2. The Morgan fingerprint density at radius 3 is 2.23 bits per heavy atom. The summed E-state index contributed by atoms with van der Waals surface area (Å²) in [5.74, 6) is 1.23. The molecule has 1 aromatic heterocycles. The van der Waals surface area contributed by atoms with Crippen LogP contribution in [0, 0.1) is 0 Å². The van der Waals surface area contributed by atoms with E-state index in [0.717, 1.165) is 22.6 Å². The number of nitrogens with zero attached hydrogens (tertiary/aromatic N) is 2. The largest absolute Gasteiger partial charge is 0.431 e. The van der Waals surface area contributed by atoms with E-state index in [2.05, 4.69) is 5.32 Å². The van der Waals surface area contributed by atoms with E-state index >= 15 is 0 Å². The lowest BCUT2D eigenvalue weighted by Crippen LogP contribution is -2.40. The van der Waals surface area contributed by atoms with Crippen molar-refractivity contribution in [2.45, 2.75) is 31.0 Å². The van der Waals surface area contributed by atoms with Crippen LogP contribution in [0.4, 0.5) is 4.79 Å². The van der Waals surface area contributed by atoms with Gasteiger partial charge in [-0.25, -0.2) is 9.78 Å². The van der Waals surface area contributed by atoms with Crippen molar-refractivity contribution in [1.82, 2.24) is 15.2 Å². The number of hydrogen-bond acceptors (Lipinski definition) is 5. The molecule has 0 spiro atoms. The van der Waals surface area contributed by atoms with E-state index in [1.165, 1.54) is 16.7 Å². The fraction of sp³-hybridized carbons (Fsp3) is 0.261. The minimum Gasteiger partial charge on any atom is -0.431 e. The van der Waals surface area contributed by atoms with Crippen LogP contribution in [-0.4, -0.2) is 39.7 Å². The molecule has 0 saturated carbocycles. The van der Waals surface area contributed by atoms with Crippen LogP contribution in [0.15, 0.2) is 70.3 Å². The van der Waals surface area contributed by atoms with Crippen LogP contribution >= 0.6 is 11.8 Å². The molecule has 154 valence electrons. The van der Waals surface area contributed by atoms with Gasteiger partial charge in [0.2, 0.25) is 0 Å². The first-order valence-electron chi connectivity index (χ1n) is 9.84. The summed E-state index contributed by atoms with van der Waals surface area (Å²) in [6.45, 7) is 3.80. The molecular formula is C23H23N3O3S. The molecule has 1 aliphatic heterocycles. The molecule has 0 aliphatic carbocycles. The molecule has 7 heteroatoms. The molecule has 3 amide bonds. The Kier molecular flexibility index (Phi) is 5.63. The Hall–Kier alpha value is -3.06. The van der Waals surface area contributed by atoms with Crippen molar-refractivity contribution in [3.8, 4) is 22.6 Å². The lowest BCUT2D eigenvalue weighted by Gasteiger charge is -2.15. The van der Waals surface area contributed by atoms with E-state index in [4.69, 9.17) is 9.40 Å². The van der Waals surface area contributed by atoms with Crippen LogP contribution in [0.3, 0.4) is 0 Å². The number of nitrogens with one attached hydrogen (secondary N) is 1. The van der Waals surface area contributed by atoms with E-state index in [0.29, 0.717) is 23.9 Å². The summed E-state index contributed by atoms with van der Waals surface area (Å²) < 4.78 is 6.09. The number of thioether (sulfide) groups is 1. The predicted octanol–water partition coefficient (Wildman–Crippen LogP) is 4.82. The van der Waals surface area contributed by atoms with Gasteiger partial charge in [-0.05, 0) is 20.3 Å². The number of imide groups is 1. The molecule has 0 atom stereocenters. The van der Waals surface area contributed by atoms with Crippen molar-refractivity contribution >= 4 is 23.7 Å². The second-order valence-electron chi connectivity index (χ2n) is 7.60. The summed E-state index contributed by atoms with van der Waals surface area (Å²) in [5, 5.41) is 3.27. The van der Waals surface area contributed by atoms with Crippen LogP contribution in [-0.2, 0) is 4.79 Å². The molecule has 1 saturated heterocycles. The monoisotopic (exact) mass is 421 g/mol. The van der Waals surface area contributed by atoms with Crippen molar-refractivity contribution < 1.29 is 14.0 Å². The minimum atomic E-state index is -0.831. The number of benzene rings is 2. The number of oxazole rings is 1. The first-order valence-corrected chi connectivity index (χ1v) is 10.8. The number of amides is 3. The van der Waals surface area contributed by atoms with E-state index in [1.54, 1.807) is 13.8 Å². The number of carbonyl (C=O) groups excluding carboxylic acids is 2. The highest BCUT2D eigenvalue weighted by Gasteiger charge is 2.43. The molecule has 6 nitrogen and oxygen atoms in total. The number of aromatic nitrogens is 1. The zero-order valence-electron chi connectivity index (χ0n) is 16.9. The molecule has 1 fully saturated rings. The quantitative estimate of drug-likeness (QED) is 0.336. The molecule has 2 aromatic carbocycles. The highest BCUT2D eigenvalue weighted by atomic mass is 32.2. The van der Waals surface area contributed by atoms with Crippen LogP contribution < -0.4 is 5.32 Å². The standard InChI is InChI=1S/C23H23N3O3S/c1-23(2)20(27)26(21(28)25-23)14-9-15-30-22-24-18(16-10-5-3-6-11-16)19(29-22)17-12-7-4-8-13-17/h3-8,10-13H,9,14-15H2,1-2H3,(H,25,28). The highest BCUT2D eigenvalue weighted by molar-refractivity contribution is 7.99. The van der Waals surface area contributed by atoms with E-state index in [9.17, 15) is 9.59 Å². The van der Waals surface area contributed by atoms with Gasteiger partial charge in [0.25, 0.3) is 11.1 Å². The van der Waals surface area contributed by atoms with Crippen molar-refractivity contribution in [3.05, 3.63) is 60.7 Å². The van der Waals surface area contributed by atoms with Gasteiger partial charge in [0.1, 0.15) is 11.2 Å². The van der Waals surface area contributed by atoms with E-state index in [1.807, 2.05) is 60.7 Å². The number of urea groups is 1. The Balaban J connectivity index is 1.46. The maximum absolute atomic E-state index is 12.3. The Bertz CT molecular complexity index is 991. The van der Waals surface area contributed by atoms with Gasteiger partial charge in [0.05, 0.1) is 0 Å². The molecule has 30 heavy (non-hydrogen) atoms. The maximum atomic E-state index is 12.3. The molecular weight excluding hydrogens is 398 g/mol. The number of rotatable bonds is 7. The maximum Gasteiger partial charge on any atom is 0.325 e. The summed E-state index contributed by atoms with van der Waals surface area (Å²) in [5.41, 5.74) is 1.94. The lowest BCUT2D eigenvalue weighted by atomic mass is 10.1. The van der Waals surface area contributed by atoms with E-state index in [-0.39, 0.29) is 11.9 Å². The van der Waals surface area contributed by atoms with Gasteiger partial charge in [-0.15, -0.1) is 0 Å². The Morgan fingerprint density at radius 2 is 1.63 bits per heavy atom. The Morgan fingerprint density at radius 1 is 1.00 bits per heavy atom. The summed E-state index contributed by atoms with van der Waals surface area (Å²) in [6.07, 6.45) is 0.656. The second kappa shape index (κ2) is 8.36. The topological polar surface area (TPSA) is 75.4 Å². The van der Waals surface area contributed by atoms with Crippen LogP contribution in [0.2, 0.25) is 0 Å². The summed E-state index contributed by atoms with van der Waals surface area (Å²) >= 11 is 1.48. The molecule has 2 heterocycles. The normalized spacial score (nSPS) is 15.5. The minimum absolute atomic E-state index is 0.189. The van der Waals surface area contributed by atoms with Gasteiger partial charge >= 0.3 is 6.03 Å². The average molecular weight is 422 g/mol. The van der Waals surface area contributed by atoms with Crippen molar-refractivity contribution in [1.29, 1.82) is 0 Å².